The summed E-state index contributed by atoms with van der Waals surface area (Å²) in [5.74, 6) is 0.574. The maximum atomic E-state index is 12.0. The molecule has 0 aliphatic carbocycles. The van der Waals surface area contributed by atoms with Crippen LogP contribution >= 0.6 is 0 Å². The van der Waals surface area contributed by atoms with Crippen LogP contribution in [0.1, 0.15) is 54.6 Å². The van der Waals surface area contributed by atoms with Gasteiger partial charge in [0.2, 0.25) is 5.91 Å². The summed E-state index contributed by atoms with van der Waals surface area (Å²) in [6, 6.07) is 10.1. The number of amides is 1. The molecule has 2 N–H and O–H groups in total. The van der Waals surface area contributed by atoms with Gasteiger partial charge in [0.05, 0.1) is 17.2 Å². The van der Waals surface area contributed by atoms with Gasteiger partial charge in [-0.3, -0.25) is 9.78 Å². The number of piperidine rings is 1. The fraction of sp³-hybridized carbons (Fsp3) is 0.375. The third kappa shape index (κ3) is 3.69. The van der Waals surface area contributed by atoms with Crippen LogP contribution in [0.3, 0.4) is 0 Å². The van der Waals surface area contributed by atoms with E-state index >= 15 is 0 Å². The summed E-state index contributed by atoms with van der Waals surface area (Å²) < 4.78 is 0. The van der Waals surface area contributed by atoms with Gasteiger partial charge in [0.15, 0.2) is 0 Å². The molecule has 1 saturated heterocycles. The highest BCUT2D eigenvalue weighted by Crippen LogP contribution is 2.33. The summed E-state index contributed by atoms with van der Waals surface area (Å²) in [6.45, 7) is 6.29. The number of primary amides is 1. The van der Waals surface area contributed by atoms with Gasteiger partial charge in [-0.05, 0) is 72.6 Å². The molecule has 2 heterocycles. The first-order valence-electron chi connectivity index (χ1n) is 10.6. The molecule has 0 unspecified atom stereocenters. The number of aryl methyl sites for hydroxylation is 1. The molecule has 1 fully saturated rings. The second kappa shape index (κ2) is 8.19. The zero-order chi connectivity index (χ0) is 20.4. The minimum absolute atomic E-state index is 0.376. The third-order valence-corrected chi connectivity index (χ3v) is 5.90. The fourth-order valence-corrected chi connectivity index (χ4v) is 4.38. The summed E-state index contributed by atoms with van der Waals surface area (Å²) in [4.78, 5) is 23.9. The largest absolute Gasteiger partial charge is 0.366 e. The molecule has 150 valence electrons. The lowest BCUT2D eigenvalue weighted by Gasteiger charge is -2.27. The monoisotopic (exact) mass is 388 g/mol. The van der Waals surface area contributed by atoms with Crippen LogP contribution in [0.15, 0.2) is 36.5 Å². The van der Waals surface area contributed by atoms with Crippen molar-refractivity contribution in [3.63, 3.8) is 0 Å². The van der Waals surface area contributed by atoms with Crippen LogP contribution in [0.2, 0.25) is 0 Å². The number of carbonyl (C=O) groups excluding carboxylic acids is 1. The zero-order valence-corrected chi connectivity index (χ0v) is 17.2. The quantitative estimate of drug-likeness (QED) is 0.698. The van der Waals surface area contributed by atoms with Crippen molar-refractivity contribution >= 4 is 22.8 Å². The molecule has 1 amide bonds. The van der Waals surface area contributed by atoms with E-state index in [2.05, 4.69) is 35.9 Å². The van der Waals surface area contributed by atoms with E-state index in [1.807, 2.05) is 24.4 Å². The number of carbonyl (C=O) groups is 1. The van der Waals surface area contributed by atoms with Gasteiger partial charge in [-0.15, -0.1) is 0 Å². The summed E-state index contributed by atoms with van der Waals surface area (Å²) in [5.41, 5.74) is 12.4. The van der Waals surface area contributed by atoms with Gasteiger partial charge in [0.25, 0.3) is 0 Å². The van der Waals surface area contributed by atoms with Crippen molar-refractivity contribution in [1.29, 1.82) is 0 Å². The molecular formula is C24H28N4O. The minimum Gasteiger partial charge on any atom is -0.366 e. The first-order chi connectivity index (χ1) is 14.1. The summed E-state index contributed by atoms with van der Waals surface area (Å²) in [6.07, 6.45) is 7.23. The van der Waals surface area contributed by atoms with E-state index in [9.17, 15) is 4.79 Å². The van der Waals surface area contributed by atoms with E-state index in [0.717, 1.165) is 59.5 Å². The Morgan fingerprint density at radius 3 is 2.52 bits per heavy atom. The average molecular weight is 389 g/mol. The number of aromatic nitrogens is 2. The SMILES string of the molecule is CCc1ccc(C(N)=O)c(CC)c1-c1ccc2ncc(N3CCCCC3)nc2c1. The molecule has 1 aliphatic rings. The van der Waals surface area contributed by atoms with Gasteiger partial charge < -0.3 is 10.6 Å². The Kier molecular flexibility index (Phi) is 5.47. The Bertz CT molecular complexity index is 1050. The molecule has 0 saturated carbocycles. The van der Waals surface area contributed by atoms with Crippen molar-refractivity contribution in [3.8, 4) is 11.1 Å². The van der Waals surface area contributed by atoms with Crippen LogP contribution in [0.25, 0.3) is 22.2 Å². The molecule has 2 aromatic carbocycles. The number of nitrogens with zero attached hydrogens (tertiary/aromatic N) is 3. The van der Waals surface area contributed by atoms with Gasteiger partial charge in [-0.25, -0.2) is 4.98 Å². The van der Waals surface area contributed by atoms with Crippen molar-refractivity contribution in [2.75, 3.05) is 18.0 Å². The highest BCUT2D eigenvalue weighted by molar-refractivity contribution is 5.97. The maximum absolute atomic E-state index is 12.0. The molecule has 29 heavy (non-hydrogen) atoms. The van der Waals surface area contributed by atoms with Gasteiger partial charge in [0, 0.05) is 18.7 Å². The smallest absolute Gasteiger partial charge is 0.248 e. The van der Waals surface area contributed by atoms with Crippen LogP contribution < -0.4 is 10.6 Å². The Hall–Kier alpha value is -2.95. The number of benzene rings is 2. The Morgan fingerprint density at radius 2 is 1.83 bits per heavy atom. The van der Waals surface area contributed by atoms with E-state index in [4.69, 9.17) is 10.7 Å². The van der Waals surface area contributed by atoms with Gasteiger partial charge in [-0.1, -0.05) is 26.0 Å². The normalized spacial score (nSPS) is 14.3. The highest BCUT2D eigenvalue weighted by atomic mass is 16.1. The van der Waals surface area contributed by atoms with E-state index < -0.39 is 0 Å². The summed E-state index contributed by atoms with van der Waals surface area (Å²) >= 11 is 0. The van der Waals surface area contributed by atoms with Crippen LogP contribution in [0, 0.1) is 0 Å². The second-order valence-corrected chi connectivity index (χ2v) is 7.68. The third-order valence-electron chi connectivity index (χ3n) is 5.90. The molecule has 1 aliphatic heterocycles. The molecular weight excluding hydrogens is 360 g/mol. The molecule has 0 atom stereocenters. The predicted octanol–water partition coefficient (Wildman–Crippen LogP) is 4.51. The molecule has 4 rings (SSSR count). The molecule has 5 heteroatoms. The Morgan fingerprint density at radius 1 is 1.03 bits per heavy atom. The highest BCUT2D eigenvalue weighted by Gasteiger charge is 2.18. The zero-order valence-electron chi connectivity index (χ0n) is 17.2. The Labute approximate surface area is 172 Å². The number of nitrogens with two attached hydrogens (primary N) is 1. The van der Waals surface area contributed by atoms with Crippen LogP contribution in [-0.2, 0) is 12.8 Å². The van der Waals surface area contributed by atoms with Crippen molar-refractivity contribution < 1.29 is 4.79 Å². The maximum Gasteiger partial charge on any atom is 0.248 e. The van der Waals surface area contributed by atoms with E-state index in [-0.39, 0.29) is 5.91 Å². The van der Waals surface area contributed by atoms with E-state index in [0.29, 0.717) is 5.56 Å². The predicted molar refractivity (Wildman–Crippen MR) is 118 cm³/mol. The molecule has 0 spiro atoms. The molecule has 5 nitrogen and oxygen atoms in total. The lowest BCUT2D eigenvalue weighted by Crippen LogP contribution is -2.30. The van der Waals surface area contributed by atoms with Gasteiger partial charge in [0.1, 0.15) is 5.82 Å². The number of hydrogen-bond acceptors (Lipinski definition) is 4. The van der Waals surface area contributed by atoms with Crippen LogP contribution in [0.5, 0.6) is 0 Å². The first kappa shape index (κ1) is 19.4. The summed E-state index contributed by atoms with van der Waals surface area (Å²) in [5, 5.41) is 0. The Balaban J connectivity index is 1.85. The van der Waals surface area contributed by atoms with Crippen molar-refractivity contribution in [3.05, 3.63) is 53.2 Å². The van der Waals surface area contributed by atoms with Crippen LogP contribution in [0.4, 0.5) is 5.82 Å². The number of rotatable bonds is 5. The molecule has 1 aromatic heterocycles. The van der Waals surface area contributed by atoms with E-state index in [1.54, 1.807) is 0 Å². The number of hydrogen-bond donors (Lipinski definition) is 1. The lowest BCUT2D eigenvalue weighted by molar-refractivity contribution is 0.0999. The van der Waals surface area contributed by atoms with Crippen molar-refractivity contribution in [2.45, 2.75) is 46.0 Å². The fourth-order valence-electron chi connectivity index (χ4n) is 4.38. The van der Waals surface area contributed by atoms with Gasteiger partial charge >= 0.3 is 0 Å². The van der Waals surface area contributed by atoms with Crippen LogP contribution in [-0.4, -0.2) is 29.0 Å². The first-order valence-corrected chi connectivity index (χ1v) is 10.6. The van der Waals surface area contributed by atoms with Crippen molar-refractivity contribution in [2.24, 2.45) is 5.73 Å². The van der Waals surface area contributed by atoms with E-state index in [1.165, 1.54) is 24.8 Å². The molecule has 3 aromatic rings. The summed E-state index contributed by atoms with van der Waals surface area (Å²) in [7, 11) is 0. The number of anilines is 1. The average Bonchev–Trinajstić information content (AvgIpc) is 2.77. The molecule has 0 bridgehead atoms. The topological polar surface area (TPSA) is 72.1 Å². The van der Waals surface area contributed by atoms with Gasteiger partial charge in [-0.2, -0.15) is 0 Å². The lowest BCUT2D eigenvalue weighted by atomic mass is 9.88. The minimum atomic E-state index is -0.376. The standard InChI is InChI=1S/C24H28N4O/c1-3-16-8-10-19(24(25)29)18(4-2)23(16)17-9-11-20-21(14-17)27-22(15-26-20)28-12-6-5-7-13-28/h8-11,14-15H,3-7,12-13H2,1-2H3,(H2,25,29). The second-order valence-electron chi connectivity index (χ2n) is 7.68. The number of fused-ring (bicyclic) bond motifs is 1. The molecule has 0 radical (unpaired) electrons. The van der Waals surface area contributed by atoms with Crippen molar-refractivity contribution in [1.82, 2.24) is 9.97 Å².